The molecule has 5 aromatic carbocycles. The van der Waals surface area contributed by atoms with Crippen molar-refractivity contribution in [1.82, 2.24) is 0 Å². The van der Waals surface area contributed by atoms with Gasteiger partial charge in [0.2, 0.25) is 0 Å². The van der Waals surface area contributed by atoms with E-state index >= 15 is 0 Å². The molecule has 5 aromatic rings. The molecule has 1 aliphatic rings. The Labute approximate surface area is 303 Å². The lowest BCUT2D eigenvalue weighted by Gasteiger charge is -2.07. The standard InChI is InChI=1S/C50H42O/c1-5-21-41(22-6-1)44-27-13-15-29-45(42-23-7-2-8-24-42)31-17-19-33-47(48-37-39-50(40-38-48)51-49-35-11-4-12-36-49)34-20-18-32-46(30-16-14-28-44)43-25-9-3-10-26-43/h1-27,29-30,32-40H,28,31H2. The van der Waals surface area contributed by atoms with Gasteiger partial charge in [0, 0.05) is 0 Å². The molecule has 0 unspecified atom stereocenters. The van der Waals surface area contributed by atoms with Crippen LogP contribution in [0.3, 0.4) is 0 Å². The molecule has 0 aromatic heterocycles. The Morgan fingerprint density at radius 1 is 0.314 bits per heavy atom. The highest BCUT2D eigenvalue weighted by atomic mass is 16.5. The fourth-order valence-electron chi connectivity index (χ4n) is 5.73. The average molecular weight is 659 g/mol. The van der Waals surface area contributed by atoms with E-state index in [2.05, 4.69) is 188 Å². The Bertz CT molecular complexity index is 2100. The van der Waals surface area contributed by atoms with Crippen LogP contribution >= 0.6 is 0 Å². The van der Waals surface area contributed by atoms with Gasteiger partial charge in [-0.05, 0) is 81.7 Å². The van der Waals surface area contributed by atoms with Crippen LogP contribution in [0.4, 0.5) is 0 Å². The van der Waals surface area contributed by atoms with Crippen molar-refractivity contribution in [3.8, 4) is 11.5 Å². The Morgan fingerprint density at radius 3 is 1.18 bits per heavy atom. The van der Waals surface area contributed by atoms with Gasteiger partial charge in [-0.3, -0.25) is 0 Å². The number of rotatable bonds is 6. The van der Waals surface area contributed by atoms with Crippen LogP contribution in [0.25, 0.3) is 22.3 Å². The predicted molar refractivity (Wildman–Crippen MR) is 219 cm³/mol. The molecule has 0 spiro atoms. The summed E-state index contributed by atoms with van der Waals surface area (Å²) in [7, 11) is 0. The van der Waals surface area contributed by atoms with Gasteiger partial charge in [-0.25, -0.2) is 0 Å². The molecule has 0 fully saturated rings. The van der Waals surface area contributed by atoms with Crippen LogP contribution in [0, 0.1) is 0 Å². The molecular weight excluding hydrogens is 617 g/mol. The van der Waals surface area contributed by atoms with E-state index < -0.39 is 0 Å². The molecule has 0 saturated carbocycles. The van der Waals surface area contributed by atoms with Gasteiger partial charge in [-0.1, -0.05) is 206 Å². The highest BCUT2D eigenvalue weighted by molar-refractivity contribution is 5.78. The molecule has 0 atom stereocenters. The van der Waals surface area contributed by atoms with Crippen molar-refractivity contribution in [1.29, 1.82) is 0 Å². The minimum atomic E-state index is 0.800. The number of benzene rings is 5. The third-order valence-corrected chi connectivity index (χ3v) is 8.43. The van der Waals surface area contributed by atoms with Gasteiger partial charge >= 0.3 is 0 Å². The smallest absolute Gasteiger partial charge is 0.127 e. The molecule has 51 heavy (non-hydrogen) atoms. The fourth-order valence-corrected chi connectivity index (χ4v) is 5.73. The van der Waals surface area contributed by atoms with Crippen LogP contribution in [-0.4, -0.2) is 0 Å². The van der Waals surface area contributed by atoms with Gasteiger partial charge < -0.3 is 4.74 Å². The average Bonchev–Trinajstić information content (AvgIpc) is 3.19. The van der Waals surface area contributed by atoms with Gasteiger partial charge in [-0.2, -0.15) is 0 Å². The second-order valence-electron chi connectivity index (χ2n) is 12.0. The van der Waals surface area contributed by atoms with E-state index in [1.807, 2.05) is 42.5 Å². The first kappa shape index (κ1) is 34.4. The lowest BCUT2D eigenvalue weighted by Crippen LogP contribution is -1.86. The Morgan fingerprint density at radius 2 is 0.706 bits per heavy atom. The highest BCUT2D eigenvalue weighted by Crippen LogP contribution is 2.26. The minimum Gasteiger partial charge on any atom is -0.457 e. The van der Waals surface area contributed by atoms with Crippen molar-refractivity contribution in [3.63, 3.8) is 0 Å². The Kier molecular flexibility index (Phi) is 12.8. The monoisotopic (exact) mass is 658 g/mol. The number of hydrogen-bond donors (Lipinski definition) is 0. The molecule has 248 valence electrons. The maximum Gasteiger partial charge on any atom is 0.127 e. The first-order valence-corrected chi connectivity index (χ1v) is 17.5. The molecule has 0 heterocycles. The van der Waals surface area contributed by atoms with Crippen LogP contribution < -0.4 is 4.74 Å². The predicted octanol–water partition coefficient (Wildman–Crippen LogP) is 13.7. The molecule has 1 heteroatoms. The van der Waals surface area contributed by atoms with Crippen LogP contribution in [-0.2, 0) is 0 Å². The first-order valence-electron chi connectivity index (χ1n) is 17.5. The van der Waals surface area contributed by atoms with Gasteiger partial charge in [0.25, 0.3) is 0 Å². The summed E-state index contributed by atoms with van der Waals surface area (Å²) >= 11 is 0. The SMILES string of the molecule is C1=CC=C(c2ccccc2)CC=CC=C(c2ccc(Oc3ccccc3)cc2)C=CC=CC(c2ccccc2)=CC=CCC(c2ccccc2)=C1. The van der Waals surface area contributed by atoms with Crippen molar-refractivity contribution in [2.75, 3.05) is 0 Å². The van der Waals surface area contributed by atoms with Gasteiger partial charge in [0.1, 0.15) is 11.5 Å². The van der Waals surface area contributed by atoms with Crippen molar-refractivity contribution < 1.29 is 4.74 Å². The molecule has 0 radical (unpaired) electrons. The number of hydrogen-bond acceptors (Lipinski definition) is 1. The minimum absolute atomic E-state index is 0.800. The third-order valence-electron chi connectivity index (χ3n) is 8.43. The van der Waals surface area contributed by atoms with Crippen LogP contribution in [0.1, 0.15) is 35.1 Å². The summed E-state index contributed by atoms with van der Waals surface area (Å²) in [5.74, 6) is 1.63. The molecule has 1 aliphatic carbocycles. The summed E-state index contributed by atoms with van der Waals surface area (Å²) < 4.78 is 6.06. The molecule has 0 bridgehead atoms. The number of para-hydroxylation sites is 1. The third kappa shape index (κ3) is 10.8. The quantitative estimate of drug-likeness (QED) is 0.176. The summed E-state index contributed by atoms with van der Waals surface area (Å²) in [6.07, 6.45) is 32.1. The molecule has 0 amide bonds. The number of allylic oxidation sites excluding steroid dienone is 18. The summed E-state index contributed by atoms with van der Waals surface area (Å²) in [5.41, 5.74) is 9.48. The second-order valence-corrected chi connectivity index (χ2v) is 12.0. The van der Waals surface area contributed by atoms with E-state index in [-0.39, 0.29) is 0 Å². The molecular formula is C50H42O. The lowest BCUT2D eigenvalue weighted by atomic mass is 10.00. The van der Waals surface area contributed by atoms with Crippen molar-refractivity contribution >= 4 is 22.3 Å². The van der Waals surface area contributed by atoms with E-state index in [1.165, 1.54) is 27.8 Å². The largest absolute Gasteiger partial charge is 0.457 e. The zero-order valence-electron chi connectivity index (χ0n) is 28.8. The fraction of sp³-hybridized carbons (Fsp3) is 0.0400. The van der Waals surface area contributed by atoms with Crippen LogP contribution in [0.15, 0.2) is 231 Å². The maximum atomic E-state index is 6.06. The molecule has 1 nitrogen and oxygen atoms in total. The van der Waals surface area contributed by atoms with Crippen LogP contribution in [0.5, 0.6) is 11.5 Å². The summed E-state index contributed by atoms with van der Waals surface area (Å²) in [6, 6.07) is 49.9. The normalized spacial score (nSPS) is 14.2. The molecule has 6 rings (SSSR count). The Hall–Kier alpha value is -6.44. The van der Waals surface area contributed by atoms with Gasteiger partial charge in [-0.15, -0.1) is 0 Å². The summed E-state index contributed by atoms with van der Waals surface area (Å²) in [6.45, 7) is 0. The highest BCUT2D eigenvalue weighted by Gasteiger charge is 2.03. The molecule has 0 N–H and O–H groups in total. The topological polar surface area (TPSA) is 9.23 Å². The first-order chi connectivity index (χ1) is 25.3. The number of ether oxygens (including phenoxy) is 1. The zero-order chi connectivity index (χ0) is 34.8. The summed E-state index contributed by atoms with van der Waals surface area (Å²) in [5, 5.41) is 0. The van der Waals surface area contributed by atoms with Crippen molar-refractivity contribution in [2.45, 2.75) is 12.8 Å². The van der Waals surface area contributed by atoms with E-state index in [9.17, 15) is 0 Å². The van der Waals surface area contributed by atoms with Crippen LogP contribution in [0.2, 0.25) is 0 Å². The second kappa shape index (κ2) is 18.9. The molecule has 0 saturated heterocycles. The van der Waals surface area contributed by atoms with E-state index in [0.29, 0.717) is 0 Å². The Balaban J connectivity index is 1.35. The summed E-state index contributed by atoms with van der Waals surface area (Å²) in [4.78, 5) is 0. The molecule has 0 aliphatic heterocycles. The van der Waals surface area contributed by atoms with Crippen molar-refractivity contribution in [2.24, 2.45) is 0 Å². The van der Waals surface area contributed by atoms with E-state index in [4.69, 9.17) is 4.74 Å². The van der Waals surface area contributed by atoms with E-state index in [0.717, 1.165) is 41.1 Å². The van der Waals surface area contributed by atoms with Gasteiger partial charge in [0.05, 0.1) is 0 Å². The zero-order valence-corrected chi connectivity index (χ0v) is 28.8. The van der Waals surface area contributed by atoms with Gasteiger partial charge in [0.15, 0.2) is 0 Å². The maximum absolute atomic E-state index is 6.06. The van der Waals surface area contributed by atoms with Crippen molar-refractivity contribution in [3.05, 3.63) is 253 Å². The van der Waals surface area contributed by atoms with E-state index in [1.54, 1.807) is 0 Å². The lowest BCUT2D eigenvalue weighted by molar-refractivity contribution is 0.482.